The van der Waals surface area contributed by atoms with Gasteiger partial charge in [0.05, 0.1) is 0 Å². The van der Waals surface area contributed by atoms with E-state index in [1.54, 1.807) is 6.07 Å². The molecule has 1 aromatic heterocycles. The van der Waals surface area contributed by atoms with Gasteiger partial charge < -0.3 is 10.1 Å². The van der Waals surface area contributed by atoms with Crippen molar-refractivity contribution in [2.45, 2.75) is 38.6 Å². The molecule has 1 aliphatic heterocycles. The lowest BCUT2D eigenvalue weighted by atomic mass is 9.82. The number of esters is 1. The highest BCUT2D eigenvalue weighted by atomic mass is 32.1. The molecule has 0 radical (unpaired) electrons. The van der Waals surface area contributed by atoms with Crippen molar-refractivity contribution < 1.29 is 9.53 Å². The lowest BCUT2D eigenvalue weighted by Crippen LogP contribution is -2.36. The Bertz CT molecular complexity index is 661. The van der Waals surface area contributed by atoms with Crippen LogP contribution in [0.2, 0.25) is 0 Å². The zero-order valence-electron chi connectivity index (χ0n) is 12.5. The van der Waals surface area contributed by atoms with Crippen molar-refractivity contribution in [3.05, 3.63) is 46.2 Å². The van der Waals surface area contributed by atoms with Gasteiger partial charge in [0.15, 0.2) is 0 Å². The molecule has 0 amide bonds. The maximum absolute atomic E-state index is 12.0. The number of anilines is 1. The Morgan fingerprint density at radius 1 is 1.38 bits per heavy atom. The SMILES string of the molecule is C[C@@H]1CC(C)(C)Nc2ccc(OC(=O)c3cccs3)cc21. The molecular weight excluding hydrogens is 282 g/mol. The zero-order chi connectivity index (χ0) is 15.0. The third kappa shape index (κ3) is 2.95. The fourth-order valence-electron chi connectivity index (χ4n) is 2.97. The van der Waals surface area contributed by atoms with Crippen molar-refractivity contribution in [3.8, 4) is 5.75 Å². The second-order valence-electron chi connectivity index (χ2n) is 6.23. The summed E-state index contributed by atoms with van der Waals surface area (Å²) in [5.41, 5.74) is 2.45. The van der Waals surface area contributed by atoms with Crippen LogP contribution in [0.4, 0.5) is 5.69 Å². The molecule has 2 aromatic rings. The molecule has 3 nitrogen and oxygen atoms in total. The third-order valence-electron chi connectivity index (χ3n) is 3.78. The number of carbonyl (C=O) groups excluding carboxylic acids is 1. The average Bonchev–Trinajstić information content (AvgIpc) is 2.92. The van der Waals surface area contributed by atoms with E-state index in [-0.39, 0.29) is 11.5 Å². The minimum absolute atomic E-state index is 0.0988. The van der Waals surface area contributed by atoms with E-state index < -0.39 is 0 Å². The number of thiophene rings is 1. The van der Waals surface area contributed by atoms with Crippen LogP contribution in [0, 0.1) is 0 Å². The summed E-state index contributed by atoms with van der Waals surface area (Å²) in [6.07, 6.45) is 1.06. The summed E-state index contributed by atoms with van der Waals surface area (Å²) in [6, 6.07) is 9.46. The number of benzene rings is 1. The van der Waals surface area contributed by atoms with E-state index in [9.17, 15) is 4.79 Å². The lowest BCUT2D eigenvalue weighted by molar-refractivity contribution is 0.0739. The fourth-order valence-corrected chi connectivity index (χ4v) is 3.57. The molecule has 0 fully saturated rings. The Hall–Kier alpha value is -1.81. The predicted octanol–water partition coefficient (Wildman–Crippen LogP) is 4.67. The van der Waals surface area contributed by atoms with Crippen LogP contribution >= 0.6 is 11.3 Å². The van der Waals surface area contributed by atoms with Crippen LogP contribution in [0.25, 0.3) is 0 Å². The fraction of sp³-hybridized carbons (Fsp3) is 0.353. The first kappa shape index (κ1) is 14.1. The van der Waals surface area contributed by atoms with Crippen LogP contribution in [-0.2, 0) is 0 Å². The molecule has 0 unspecified atom stereocenters. The van der Waals surface area contributed by atoms with Crippen LogP contribution in [0.3, 0.4) is 0 Å². The Balaban J connectivity index is 1.83. The van der Waals surface area contributed by atoms with Gasteiger partial charge in [-0.3, -0.25) is 0 Å². The van der Waals surface area contributed by atoms with Gasteiger partial charge in [-0.05, 0) is 61.4 Å². The molecule has 0 spiro atoms. The molecule has 1 N–H and O–H groups in total. The minimum atomic E-state index is -0.290. The molecule has 0 bridgehead atoms. The van der Waals surface area contributed by atoms with E-state index in [0.717, 1.165) is 12.1 Å². The number of nitrogens with one attached hydrogen (secondary N) is 1. The Morgan fingerprint density at radius 3 is 2.90 bits per heavy atom. The van der Waals surface area contributed by atoms with E-state index in [1.807, 2.05) is 29.6 Å². The first-order valence-corrected chi connectivity index (χ1v) is 8.00. The largest absolute Gasteiger partial charge is 0.422 e. The Kier molecular flexibility index (Phi) is 3.49. The first-order valence-electron chi connectivity index (χ1n) is 7.12. The van der Waals surface area contributed by atoms with Gasteiger partial charge in [-0.25, -0.2) is 4.79 Å². The Morgan fingerprint density at radius 2 is 2.19 bits per heavy atom. The predicted molar refractivity (Wildman–Crippen MR) is 86.5 cm³/mol. The summed E-state index contributed by atoms with van der Waals surface area (Å²) in [5.74, 6) is 0.763. The molecule has 0 saturated heterocycles. The van der Waals surface area contributed by atoms with Crippen molar-refractivity contribution in [1.29, 1.82) is 0 Å². The van der Waals surface area contributed by atoms with Crippen LogP contribution in [-0.4, -0.2) is 11.5 Å². The van der Waals surface area contributed by atoms with E-state index in [4.69, 9.17) is 4.74 Å². The van der Waals surface area contributed by atoms with Gasteiger partial charge in [-0.15, -0.1) is 11.3 Å². The minimum Gasteiger partial charge on any atom is -0.422 e. The van der Waals surface area contributed by atoms with Gasteiger partial charge in [0.25, 0.3) is 0 Å². The quantitative estimate of drug-likeness (QED) is 0.647. The summed E-state index contributed by atoms with van der Waals surface area (Å²) in [5, 5.41) is 5.41. The highest BCUT2D eigenvalue weighted by Crippen LogP contribution is 2.40. The molecule has 1 aliphatic rings. The van der Waals surface area contributed by atoms with Gasteiger partial charge in [0, 0.05) is 11.2 Å². The molecular formula is C17H19NO2S. The second-order valence-corrected chi connectivity index (χ2v) is 7.18. The molecule has 2 heterocycles. The van der Waals surface area contributed by atoms with Crippen LogP contribution in [0.5, 0.6) is 5.75 Å². The van der Waals surface area contributed by atoms with Crippen molar-refractivity contribution in [3.63, 3.8) is 0 Å². The van der Waals surface area contributed by atoms with Gasteiger partial charge in [0.1, 0.15) is 10.6 Å². The summed E-state index contributed by atoms with van der Waals surface area (Å²) in [4.78, 5) is 12.6. The van der Waals surface area contributed by atoms with E-state index in [1.165, 1.54) is 16.9 Å². The van der Waals surface area contributed by atoms with Crippen molar-refractivity contribution in [2.24, 2.45) is 0 Å². The topological polar surface area (TPSA) is 38.3 Å². The molecule has 1 atom stereocenters. The zero-order valence-corrected chi connectivity index (χ0v) is 13.3. The average molecular weight is 301 g/mol. The van der Waals surface area contributed by atoms with Crippen molar-refractivity contribution in [1.82, 2.24) is 0 Å². The monoisotopic (exact) mass is 301 g/mol. The Labute approximate surface area is 129 Å². The maximum Gasteiger partial charge on any atom is 0.353 e. The first-order chi connectivity index (χ1) is 9.94. The molecule has 21 heavy (non-hydrogen) atoms. The molecule has 0 saturated carbocycles. The van der Waals surface area contributed by atoms with Gasteiger partial charge in [0.2, 0.25) is 0 Å². The van der Waals surface area contributed by atoms with Crippen LogP contribution < -0.4 is 10.1 Å². The smallest absolute Gasteiger partial charge is 0.353 e. The van der Waals surface area contributed by atoms with Gasteiger partial charge >= 0.3 is 5.97 Å². The molecule has 4 heteroatoms. The standard InChI is InChI=1S/C17H19NO2S/c1-11-10-17(2,3)18-14-7-6-12(9-13(11)14)20-16(19)15-5-4-8-21-15/h4-9,11,18H,10H2,1-3H3/t11-/m1/s1. The number of hydrogen-bond acceptors (Lipinski definition) is 4. The third-order valence-corrected chi connectivity index (χ3v) is 4.63. The summed E-state index contributed by atoms with van der Waals surface area (Å²) < 4.78 is 5.47. The normalized spacial score (nSPS) is 19.5. The summed E-state index contributed by atoms with van der Waals surface area (Å²) >= 11 is 1.39. The van der Waals surface area contributed by atoms with Crippen LogP contribution in [0.15, 0.2) is 35.7 Å². The van der Waals surface area contributed by atoms with E-state index in [0.29, 0.717) is 16.5 Å². The highest BCUT2D eigenvalue weighted by Gasteiger charge is 2.29. The number of carbonyl (C=O) groups is 1. The van der Waals surface area contributed by atoms with Gasteiger partial charge in [-0.1, -0.05) is 13.0 Å². The van der Waals surface area contributed by atoms with E-state index in [2.05, 4.69) is 26.1 Å². The molecule has 1 aromatic carbocycles. The number of hydrogen-bond donors (Lipinski definition) is 1. The van der Waals surface area contributed by atoms with Crippen LogP contribution in [0.1, 0.15) is 48.3 Å². The summed E-state index contributed by atoms with van der Waals surface area (Å²) in [6.45, 7) is 6.63. The van der Waals surface area contributed by atoms with Gasteiger partial charge in [-0.2, -0.15) is 0 Å². The molecule has 0 aliphatic carbocycles. The summed E-state index contributed by atoms with van der Waals surface area (Å²) in [7, 11) is 0. The lowest BCUT2D eigenvalue weighted by Gasteiger charge is -2.37. The van der Waals surface area contributed by atoms with E-state index >= 15 is 0 Å². The van der Waals surface area contributed by atoms with Crippen molar-refractivity contribution >= 4 is 23.0 Å². The molecule has 110 valence electrons. The molecule has 3 rings (SSSR count). The maximum atomic E-state index is 12.0. The number of rotatable bonds is 2. The number of ether oxygens (including phenoxy) is 1. The van der Waals surface area contributed by atoms with Crippen molar-refractivity contribution in [2.75, 3.05) is 5.32 Å². The number of fused-ring (bicyclic) bond motifs is 1. The highest BCUT2D eigenvalue weighted by molar-refractivity contribution is 7.12. The second kappa shape index (κ2) is 5.19.